The summed E-state index contributed by atoms with van der Waals surface area (Å²) in [7, 11) is 0. The van der Waals surface area contributed by atoms with Crippen molar-refractivity contribution in [2.75, 3.05) is 0 Å². The van der Waals surface area contributed by atoms with E-state index in [4.69, 9.17) is 16.2 Å². The van der Waals surface area contributed by atoms with Crippen LogP contribution in [0, 0.1) is 5.41 Å². The molecule has 4 N–H and O–H groups in total. The smallest absolute Gasteiger partial charge is 0.310 e. The van der Waals surface area contributed by atoms with Crippen molar-refractivity contribution >= 4 is 11.8 Å². The fraction of sp³-hybridized carbons (Fsp3) is 0.333. The maximum atomic E-state index is 11.0. The molecule has 0 radical (unpaired) electrons. The molecule has 0 fully saturated rings. The number of carbonyl (C=O) groups is 1. The molecule has 0 saturated carbocycles. The van der Waals surface area contributed by atoms with Gasteiger partial charge in [-0.15, -0.1) is 0 Å². The maximum Gasteiger partial charge on any atom is 0.310 e. The second-order valence-corrected chi connectivity index (χ2v) is 3.72. The summed E-state index contributed by atoms with van der Waals surface area (Å²) < 4.78 is 0. The Morgan fingerprint density at radius 1 is 1.44 bits per heavy atom. The fourth-order valence-corrected chi connectivity index (χ4v) is 1.62. The van der Waals surface area contributed by atoms with E-state index in [-0.39, 0.29) is 5.84 Å². The molecule has 0 aliphatic carbocycles. The highest BCUT2D eigenvalue weighted by molar-refractivity contribution is 5.95. The highest BCUT2D eigenvalue weighted by Crippen LogP contribution is 2.21. The van der Waals surface area contributed by atoms with Crippen molar-refractivity contribution in [3.05, 3.63) is 35.4 Å². The van der Waals surface area contributed by atoms with Gasteiger partial charge in [0, 0.05) is 5.56 Å². The van der Waals surface area contributed by atoms with Gasteiger partial charge in [-0.2, -0.15) is 0 Å². The van der Waals surface area contributed by atoms with Crippen LogP contribution in [0.25, 0.3) is 0 Å². The standard InChI is InChI=1S/C12H16N2O2/c1-2-3-10(12(15)16)8-4-6-9(7-5-8)11(13)14/h4-7,10H,2-3H2,1H3,(H3,13,14)(H,15,16). The number of nitrogen functional groups attached to an aromatic ring is 1. The van der Waals surface area contributed by atoms with E-state index in [9.17, 15) is 4.79 Å². The number of nitrogens with two attached hydrogens (primary N) is 1. The van der Waals surface area contributed by atoms with Crippen LogP contribution in [0.4, 0.5) is 0 Å². The molecule has 0 heterocycles. The third-order valence-corrected chi connectivity index (χ3v) is 2.50. The molecule has 0 amide bonds. The van der Waals surface area contributed by atoms with E-state index < -0.39 is 11.9 Å². The summed E-state index contributed by atoms with van der Waals surface area (Å²) in [5.74, 6) is -1.28. The summed E-state index contributed by atoms with van der Waals surface area (Å²) in [6.45, 7) is 1.96. The Kier molecular flexibility index (Phi) is 4.05. The van der Waals surface area contributed by atoms with Crippen LogP contribution in [-0.4, -0.2) is 16.9 Å². The van der Waals surface area contributed by atoms with Gasteiger partial charge in [0.05, 0.1) is 5.92 Å². The van der Waals surface area contributed by atoms with Gasteiger partial charge in [0.2, 0.25) is 0 Å². The topological polar surface area (TPSA) is 87.2 Å². The van der Waals surface area contributed by atoms with Gasteiger partial charge in [-0.3, -0.25) is 10.2 Å². The summed E-state index contributed by atoms with van der Waals surface area (Å²) in [5, 5.41) is 16.3. The first-order valence-corrected chi connectivity index (χ1v) is 5.23. The van der Waals surface area contributed by atoms with Crippen molar-refractivity contribution < 1.29 is 9.90 Å². The van der Waals surface area contributed by atoms with E-state index in [2.05, 4.69) is 0 Å². The summed E-state index contributed by atoms with van der Waals surface area (Å²) in [5.41, 5.74) is 6.70. The first-order valence-electron chi connectivity index (χ1n) is 5.23. The van der Waals surface area contributed by atoms with Crippen LogP contribution in [0.5, 0.6) is 0 Å². The Balaban J connectivity index is 2.94. The summed E-state index contributed by atoms with van der Waals surface area (Å²) >= 11 is 0. The van der Waals surface area contributed by atoms with Gasteiger partial charge < -0.3 is 10.8 Å². The number of hydrogen-bond acceptors (Lipinski definition) is 2. The number of benzene rings is 1. The number of carboxylic acid groups (broad SMARTS) is 1. The minimum Gasteiger partial charge on any atom is -0.481 e. The predicted octanol–water partition coefficient (Wildman–Crippen LogP) is 1.94. The Bertz CT molecular complexity index is 385. The number of hydrogen-bond donors (Lipinski definition) is 3. The second kappa shape index (κ2) is 5.30. The molecule has 1 rings (SSSR count). The van der Waals surface area contributed by atoms with Crippen LogP contribution in [0.15, 0.2) is 24.3 Å². The Morgan fingerprint density at radius 3 is 2.38 bits per heavy atom. The molecule has 16 heavy (non-hydrogen) atoms. The molecule has 86 valence electrons. The minimum atomic E-state index is -0.808. The van der Waals surface area contributed by atoms with E-state index in [0.29, 0.717) is 12.0 Å². The minimum absolute atomic E-state index is 0.00563. The van der Waals surface area contributed by atoms with E-state index >= 15 is 0 Å². The average Bonchev–Trinajstić information content (AvgIpc) is 2.25. The monoisotopic (exact) mass is 220 g/mol. The Morgan fingerprint density at radius 2 is 2.00 bits per heavy atom. The largest absolute Gasteiger partial charge is 0.481 e. The molecule has 0 aliphatic heterocycles. The van der Waals surface area contributed by atoms with Crippen molar-refractivity contribution in [2.45, 2.75) is 25.7 Å². The van der Waals surface area contributed by atoms with Crippen LogP contribution >= 0.6 is 0 Å². The van der Waals surface area contributed by atoms with Crippen molar-refractivity contribution in [3.8, 4) is 0 Å². The zero-order chi connectivity index (χ0) is 12.1. The molecule has 1 atom stereocenters. The zero-order valence-corrected chi connectivity index (χ0v) is 9.23. The van der Waals surface area contributed by atoms with Gasteiger partial charge in [0.25, 0.3) is 0 Å². The van der Waals surface area contributed by atoms with Crippen LogP contribution in [0.1, 0.15) is 36.8 Å². The molecule has 1 unspecified atom stereocenters. The zero-order valence-electron chi connectivity index (χ0n) is 9.23. The van der Waals surface area contributed by atoms with Gasteiger partial charge >= 0.3 is 5.97 Å². The molecule has 4 heteroatoms. The number of nitrogens with one attached hydrogen (secondary N) is 1. The molecule has 0 spiro atoms. The van der Waals surface area contributed by atoms with Gasteiger partial charge in [0.1, 0.15) is 5.84 Å². The average molecular weight is 220 g/mol. The molecule has 1 aromatic carbocycles. The first kappa shape index (κ1) is 12.2. The molecule has 0 bridgehead atoms. The third-order valence-electron chi connectivity index (χ3n) is 2.50. The first-order chi connectivity index (χ1) is 7.56. The molecule has 0 saturated heterocycles. The molecular formula is C12H16N2O2. The van der Waals surface area contributed by atoms with Crippen molar-refractivity contribution in [1.82, 2.24) is 0 Å². The van der Waals surface area contributed by atoms with E-state index in [1.165, 1.54) is 0 Å². The second-order valence-electron chi connectivity index (χ2n) is 3.72. The predicted molar refractivity (Wildman–Crippen MR) is 62.7 cm³/mol. The molecule has 0 aromatic heterocycles. The molecule has 1 aromatic rings. The number of carboxylic acids is 1. The lowest BCUT2D eigenvalue weighted by molar-refractivity contribution is -0.139. The van der Waals surface area contributed by atoms with Gasteiger partial charge in [0.15, 0.2) is 0 Å². The normalized spacial score (nSPS) is 12.1. The van der Waals surface area contributed by atoms with Gasteiger partial charge in [-0.1, -0.05) is 37.6 Å². The molecule has 0 aliphatic rings. The SMILES string of the molecule is CCCC(C(=O)O)c1ccc(C(=N)N)cc1. The highest BCUT2D eigenvalue weighted by Gasteiger charge is 2.18. The highest BCUT2D eigenvalue weighted by atomic mass is 16.4. The summed E-state index contributed by atoms with van der Waals surface area (Å²) in [6, 6.07) is 6.82. The Hall–Kier alpha value is -1.84. The van der Waals surface area contributed by atoms with Crippen molar-refractivity contribution in [3.63, 3.8) is 0 Å². The fourth-order valence-electron chi connectivity index (χ4n) is 1.62. The van der Waals surface area contributed by atoms with Crippen LogP contribution in [0.2, 0.25) is 0 Å². The van der Waals surface area contributed by atoms with E-state index in [0.717, 1.165) is 12.0 Å². The Labute approximate surface area is 94.6 Å². The van der Waals surface area contributed by atoms with Crippen LogP contribution in [0.3, 0.4) is 0 Å². The van der Waals surface area contributed by atoms with Gasteiger partial charge in [-0.25, -0.2) is 0 Å². The molecule has 4 nitrogen and oxygen atoms in total. The molecular weight excluding hydrogens is 204 g/mol. The van der Waals surface area contributed by atoms with Crippen LogP contribution < -0.4 is 5.73 Å². The van der Waals surface area contributed by atoms with E-state index in [1.807, 2.05) is 6.92 Å². The third kappa shape index (κ3) is 2.82. The summed E-state index contributed by atoms with van der Waals surface area (Å²) in [6.07, 6.45) is 1.44. The van der Waals surface area contributed by atoms with Crippen molar-refractivity contribution in [2.24, 2.45) is 5.73 Å². The maximum absolute atomic E-state index is 11.0. The lowest BCUT2D eigenvalue weighted by Crippen LogP contribution is -2.13. The van der Waals surface area contributed by atoms with Crippen LogP contribution in [-0.2, 0) is 4.79 Å². The van der Waals surface area contributed by atoms with E-state index in [1.54, 1.807) is 24.3 Å². The number of rotatable bonds is 5. The lowest BCUT2D eigenvalue weighted by atomic mass is 9.94. The number of amidine groups is 1. The lowest BCUT2D eigenvalue weighted by Gasteiger charge is -2.11. The number of aliphatic carboxylic acids is 1. The summed E-state index contributed by atoms with van der Waals surface area (Å²) in [4.78, 5) is 11.0. The quantitative estimate of drug-likeness (QED) is 0.523. The van der Waals surface area contributed by atoms with Crippen molar-refractivity contribution in [1.29, 1.82) is 5.41 Å². The van der Waals surface area contributed by atoms with Gasteiger partial charge in [-0.05, 0) is 12.0 Å².